The van der Waals surface area contributed by atoms with Crippen LogP contribution in [-0.4, -0.2) is 33.2 Å². The van der Waals surface area contributed by atoms with Crippen LogP contribution in [-0.2, 0) is 6.54 Å². The summed E-state index contributed by atoms with van der Waals surface area (Å²) in [6.07, 6.45) is 10.1. The van der Waals surface area contributed by atoms with Crippen molar-refractivity contribution in [3.63, 3.8) is 0 Å². The average Bonchev–Trinajstić information content (AvgIpc) is 3.09. The predicted molar refractivity (Wildman–Crippen MR) is 76.4 cm³/mol. The minimum atomic E-state index is 0.945. The van der Waals surface area contributed by atoms with Gasteiger partial charge >= 0.3 is 0 Å². The molecular formula is C15H18N4. The minimum Gasteiger partial charge on any atom is -0.299 e. The highest BCUT2D eigenvalue weighted by atomic mass is 15.1. The molecule has 0 aromatic carbocycles. The lowest BCUT2D eigenvalue weighted by atomic mass is 10.1. The van der Waals surface area contributed by atoms with Crippen LogP contribution in [0.3, 0.4) is 0 Å². The highest BCUT2D eigenvalue weighted by Gasteiger charge is 2.13. The Morgan fingerprint density at radius 3 is 2.89 bits per heavy atom. The van der Waals surface area contributed by atoms with Crippen LogP contribution in [0, 0.1) is 0 Å². The number of nitrogens with one attached hydrogen (secondary N) is 1. The Kier molecular flexibility index (Phi) is 3.42. The van der Waals surface area contributed by atoms with Crippen LogP contribution >= 0.6 is 0 Å². The maximum Gasteiger partial charge on any atom is 0.0651 e. The second-order valence-corrected chi connectivity index (χ2v) is 4.97. The Labute approximate surface area is 113 Å². The van der Waals surface area contributed by atoms with E-state index < -0.39 is 0 Å². The first kappa shape index (κ1) is 12.1. The van der Waals surface area contributed by atoms with Gasteiger partial charge < -0.3 is 0 Å². The van der Waals surface area contributed by atoms with Crippen LogP contribution in [0.1, 0.15) is 24.1 Å². The molecule has 1 saturated heterocycles. The second-order valence-electron chi connectivity index (χ2n) is 4.97. The fraction of sp³-hybridized carbons (Fsp3) is 0.333. The summed E-state index contributed by atoms with van der Waals surface area (Å²) in [4.78, 5) is 6.83. The third kappa shape index (κ3) is 2.58. The van der Waals surface area contributed by atoms with Gasteiger partial charge in [-0.25, -0.2) is 0 Å². The number of aromatic nitrogens is 3. The molecule has 0 aliphatic carbocycles. The van der Waals surface area contributed by atoms with Gasteiger partial charge in [-0.15, -0.1) is 0 Å². The fourth-order valence-electron chi connectivity index (χ4n) is 2.60. The van der Waals surface area contributed by atoms with E-state index in [1.54, 1.807) is 6.08 Å². The van der Waals surface area contributed by atoms with E-state index >= 15 is 0 Å². The Morgan fingerprint density at radius 2 is 2.11 bits per heavy atom. The monoisotopic (exact) mass is 254 g/mol. The SMILES string of the molecule is C=Cc1[nH]ncc1-c1cncc(CN2CCCC2)c1. The van der Waals surface area contributed by atoms with E-state index in [1.807, 2.05) is 18.6 Å². The Bertz CT molecular complexity index is 567. The van der Waals surface area contributed by atoms with Gasteiger partial charge in [-0.3, -0.25) is 15.0 Å². The smallest absolute Gasteiger partial charge is 0.0651 e. The third-order valence-corrected chi connectivity index (χ3v) is 3.58. The Hall–Kier alpha value is -1.94. The van der Waals surface area contributed by atoms with Crippen molar-refractivity contribution in [1.82, 2.24) is 20.1 Å². The normalized spacial score (nSPS) is 15.8. The zero-order chi connectivity index (χ0) is 13.1. The van der Waals surface area contributed by atoms with Crippen LogP contribution in [0.5, 0.6) is 0 Å². The first-order valence-electron chi connectivity index (χ1n) is 6.69. The van der Waals surface area contributed by atoms with Gasteiger partial charge in [0.25, 0.3) is 0 Å². The van der Waals surface area contributed by atoms with Gasteiger partial charge in [0.1, 0.15) is 0 Å². The summed E-state index contributed by atoms with van der Waals surface area (Å²) in [5.41, 5.74) is 4.36. The van der Waals surface area contributed by atoms with Crippen LogP contribution in [0.15, 0.2) is 31.2 Å². The quantitative estimate of drug-likeness (QED) is 0.912. The molecular weight excluding hydrogens is 236 g/mol. The molecule has 1 aliphatic rings. The Balaban J connectivity index is 1.85. The number of nitrogens with zero attached hydrogens (tertiary/aromatic N) is 3. The van der Waals surface area contributed by atoms with Crippen molar-refractivity contribution in [3.05, 3.63) is 42.5 Å². The molecule has 4 heteroatoms. The fourth-order valence-corrected chi connectivity index (χ4v) is 2.60. The van der Waals surface area contributed by atoms with Gasteiger partial charge in [0.15, 0.2) is 0 Å². The molecule has 2 aromatic rings. The van der Waals surface area contributed by atoms with Crippen LogP contribution < -0.4 is 0 Å². The zero-order valence-corrected chi connectivity index (χ0v) is 11.0. The molecule has 0 bridgehead atoms. The molecule has 0 atom stereocenters. The molecule has 1 fully saturated rings. The number of pyridine rings is 1. The van der Waals surface area contributed by atoms with Gasteiger partial charge in [-0.1, -0.05) is 6.58 Å². The second kappa shape index (κ2) is 5.36. The summed E-state index contributed by atoms with van der Waals surface area (Å²) < 4.78 is 0. The van der Waals surface area contributed by atoms with Gasteiger partial charge in [-0.05, 0) is 43.6 Å². The molecule has 0 unspecified atom stereocenters. The maximum atomic E-state index is 4.36. The lowest BCUT2D eigenvalue weighted by Crippen LogP contribution is -2.18. The lowest BCUT2D eigenvalue weighted by Gasteiger charge is -2.14. The van der Waals surface area contributed by atoms with E-state index in [0.717, 1.165) is 23.4 Å². The number of hydrogen-bond acceptors (Lipinski definition) is 3. The summed E-state index contributed by atoms with van der Waals surface area (Å²) in [7, 11) is 0. The third-order valence-electron chi connectivity index (χ3n) is 3.58. The zero-order valence-electron chi connectivity index (χ0n) is 11.0. The van der Waals surface area contributed by atoms with Gasteiger partial charge in [0.2, 0.25) is 0 Å². The van der Waals surface area contributed by atoms with Crippen molar-refractivity contribution in [2.24, 2.45) is 0 Å². The first-order chi connectivity index (χ1) is 9.36. The molecule has 0 amide bonds. The van der Waals surface area contributed by atoms with Crippen molar-refractivity contribution in [2.45, 2.75) is 19.4 Å². The standard InChI is InChI=1S/C15H18N4/c1-2-15-14(10-17-18-15)13-7-12(8-16-9-13)11-19-5-3-4-6-19/h2,7-10H,1,3-6,11H2,(H,17,18). The van der Waals surface area contributed by atoms with Crippen molar-refractivity contribution in [1.29, 1.82) is 0 Å². The molecule has 19 heavy (non-hydrogen) atoms. The topological polar surface area (TPSA) is 44.8 Å². The number of H-pyrrole nitrogens is 1. The van der Waals surface area contributed by atoms with E-state index in [1.165, 1.54) is 31.5 Å². The number of likely N-dealkylation sites (tertiary alicyclic amines) is 1. The number of hydrogen-bond donors (Lipinski definition) is 1. The van der Waals surface area contributed by atoms with Crippen molar-refractivity contribution in [2.75, 3.05) is 13.1 Å². The largest absolute Gasteiger partial charge is 0.299 e. The molecule has 0 radical (unpaired) electrons. The van der Waals surface area contributed by atoms with E-state index in [2.05, 4.69) is 32.7 Å². The van der Waals surface area contributed by atoms with Crippen molar-refractivity contribution >= 4 is 6.08 Å². The lowest BCUT2D eigenvalue weighted by molar-refractivity contribution is 0.331. The average molecular weight is 254 g/mol. The summed E-state index contributed by atoms with van der Waals surface area (Å²) in [5, 5.41) is 7.01. The first-order valence-corrected chi connectivity index (χ1v) is 6.69. The van der Waals surface area contributed by atoms with Crippen molar-refractivity contribution < 1.29 is 0 Å². The predicted octanol–water partition coefficient (Wildman–Crippen LogP) is 2.71. The number of aromatic amines is 1. The number of rotatable bonds is 4. The maximum absolute atomic E-state index is 4.36. The summed E-state index contributed by atoms with van der Waals surface area (Å²) in [6.45, 7) is 7.19. The molecule has 0 saturated carbocycles. The summed E-state index contributed by atoms with van der Waals surface area (Å²) >= 11 is 0. The molecule has 4 nitrogen and oxygen atoms in total. The van der Waals surface area contributed by atoms with E-state index in [-0.39, 0.29) is 0 Å². The molecule has 2 aromatic heterocycles. The van der Waals surface area contributed by atoms with E-state index in [4.69, 9.17) is 0 Å². The minimum absolute atomic E-state index is 0.945. The van der Waals surface area contributed by atoms with Gasteiger partial charge in [0.05, 0.1) is 11.9 Å². The van der Waals surface area contributed by atoms with E-state index in [0.29, 0.717) is 0 Å². The van der Waals surface area contributed by atoms with Crippen LogP contribution in [0.25, 0.3) is 17.2 Å². The van der Waals surface area contributed by atoms with Crippen molar-refractivity contribution in [3.8, 4) is 11.1 Å². The van der Waals surface area contributed by atoms with Crippen LogP contribution in [0.4, 0.5) is 0 Å². The molecule has 1 N–H and O–H groups in total. The van der Waals surface area contributed by atoms with Gasteiger partial charge in [-0.2, -0.15) is 5.10 Å². The molecule has 0 spiro atoms. The molecule has 98 valence electrons. The van der Waals surface area contributed by atoms with Crippen LogP contribution in [0.2, 0.25) is 0 Å². The molecule has 1 aliphatic heterocycles. The van der Waals surface area contributed by atoms with Gasteiger partial charge in [0, 0.05) is 30.1 Å². The molecule has 3 heterocycles. The van der Waals surface area contributed by atoms with E-state index in [9.17, 15) is 0 Å². The Morgan fingerprint density at radius 1 is 1.26 bits per heavy atom. The highest BCUT2D eigenvalue weighted by molar-refractivity contribution is 5.71. The highest BCUT2D eigenvalue weighted by Crippen LogP contribution is 2.23. The molecule has 3 rings (SSSR count). The summed E-state index contributed by atoms with van der Waals surface area (Å²) in [6, 6.07) is 2.20. The summed E-state index contributed by atoms with van der Waals surface area (Å²) in [5.74, 6) is 0.